The van der Waals surface area contributed by atoms with E-state index in [1.54, 1.807) is 0 Å². The molecule has 0 N–H and O–H groups in total. The normalized spacial score (nSPS) is 19.5. The summed E-state index contributed by atoms with van der Waals surface area (Å²) in [6, 6.07) is 10.1. The van der Waals surface area contributed by atoms with Crippen LogP contribution in [0.15, 0.2) is 41.9 Å². The van der Waals surface area contributed by atoms with E-state index < -0.39 is 0 Å². The third-order valence-electron chi connectivity index (χ3n) is 3.23. The van der Waals surface area contributed by atoms with E-state index in [1.807, 2.05) is 41.8 Å². The summed E-state index contributed by atoms with van der Waals surface area (Å²) in [5, 5.41) is 1.94. The molecule has 1 aliphatic heterocycles. The number of carbonyl (C=O) groups is 1. The van der Waals surface area contributed by atoms with Crippen molar-refractivity contribution in [3.63, 3.8) is 0 Å². The molecule has 0 saturated heterocycles. The maximum absolute atomic E-state index is 12.0. The molecule has 0 spiro atoms. The van der Waals surface area contributed by atoms with Crippen LogP contribution in [-0.4, -0.2) is 23.5 Å². The number of thioether (sulfide) groups is 1. The summed E-state index contributed by atoms with van der Waals surface area (Å²) < 4.78 is 5.46. The average Bonchev–Trinajstić information content (AvgIpc) is 2.82. The van der Waals surface area contributed by atoms with E-state index in [0.717, 1.165) is 6.42 Å². The monoisotopic (exact) mass is 277 g/mol. The standard InChI is InChI=1S/C15H19NO2S/c1-3-12(13-7-5-4-6-8-13)11-14(17)18-15-16(2)9-10-19-15/h4-10,12,15H,3,11H2,1-2H3. The van der Waals surface area contributed by atoms with Crippen LogP contribution in [0.3, 0.4) is 0 Å². The lowest BCUT2D eigenvalue weighted by Crippen LogP contribution is -2.26. The Balaban J connectivity index is 1.90. The number of hydrogen-bond acceptors (Lipinski definition) is 4. The van der Waals surface area contributed by atoms with Gasteiger partial charge >= 0.3 is 5.97 Å². The summed E-state index contributed by atoms with van der Waals surface area (Å²) in [7, 11) is 1.91. The predicted octanol–water partition coefficient (Wildman–Crippen LogP) is 3.55. The molecule has 3 nitrogen and oxygen atoms in total. The highest BCUT2D eigenvalue weighted by molar-refractivity contribution is 8.02. The van der Waals surface area contributed by atoms with Crippen LogP contribution >= 0.6 is 11.8 Å². The summed E-state index contributed by atoms with van der Waals surface area (Å²) in [4.78, 5) is 13.9. The first kappa shape index (κ1) is 14.0. The molecule has 0 radical (unpaired) electrons. The van der Waals surface area contributed by atoms with Crippen molar-refractivity contribution in [2.24, 2.45) is 0 Å². The van der Waals surface area contributed by atoms with Gasteiger partial charge in [-0.1, -0.05) is 49.0 Å². The SMILES string of the molecule is CCC(CC(=O)OC1SC=CN1C)c1ccccc1. The quantitative estimate of drug-likeness (QED) is 0.770. The third-order valence-corrected chi connectivity index (χ3v) is 4.17. The Hall–Kier alpha value is -1.42. The van der Waals surface area contributed by atoms with Gasteiger partial charge in [0.2, 0.25) is 5.56 Å². The van der Waals surface area contributed by atoms with Crippen molar-refractivity contribution in [1.29, 1.82) is 0 Å². The zero-order valence-electron chi connectivity index (χ0n) is 11.3. The number of esters is 1. The third kappa shape index (κ3) is 3.77. The van der Waals surface area contributed by atoms with Crippen molar-refractivity contribution in [2.75, 3.05) is 7.05 Å². The average molecular weight is 277 g/mol. The molecule has 0 fully saturated rings. The fourth-order valence-electron chi connectivity index (χ4n) is 2.06. The van der Waals surface area contributed by atoms with E-state index in [1.165, 1.54) is 17.3 Å². The molecule has 2 rings (SSSR count). The number of rotatable bonds is 5. The zero-order valence-corrected chi connectivity index (χ0v) is 12.1. The first-order valence-electron chi connectivity index (χ1n) is 6.49. The van der Waals surface area contributed by atoms with E-state index in [2.05, 4.69) is 19.1 Å². The van der Waals surface area contributed by atoms with Crippen LogP contribution in [0.1, 0.15) is 31.2 Å². The lowest BCUT2D eigenvalue weighted by molar-refractivity contribution is -0.149. The summed E-state index contributed by atoms with van der Waals surface area (Å²) in [6.45, 7) is 2.10. The van der Waals surface area contributed by atoms with Gasteiger partial charge < -0.3 is 9.64 Å². The lowest BCUT2D eigenvalue weighted by Gasteiger charge is -2.21. The molecule has 0 saturated carbocycles. The number of ether oxygens (including phenoxy) is 1. The lowest BCUT2D eigenvalue weighted by atomic mass is 9.93. The zero-order chi connectivity index (χ0) is 13.7. The van der Waals surface area contributed by atoms with Crippen LogP contribution in [0.2, 0.25) is 0 Å². The molecule has 0 bridgehead atoms. The van der Waals surface area contributed by atoms with E-state index in [0.29, 0.717) is 6.42 Å². The molecule has 0 aromatic heterocycles. The van der Waals surface area contributed by atoms with Crippen molar-refractivity contribution in [2.45, 2.75) is 31.2 Å². The van der Waals surface area contributed by atoms with Crippen molar-refractivity contribution in [3.05, 3.63) is 47.5 Å². The highest BCUT2D eigenvalue weighted by Crippen LogP contribution is 2.27. The molecule has 19 heavy (non-hydrogen) atoms. The van der Waals surface area contributed by atoms with Gasteiger partial charge in [-0.05, 0) is 23.3 Å². The van der Waals surface area contributed by atoms with Gasteiger partial charge in [0.15, 0.2) is 0 Å². The minimum absolute atomic E-state index is 0.135. The van der Waals surface area contributed by atoms with Crippen LogP contribution in [0.4, 0.5) is 0 Å². The molecule has 2 atom stereocenters. The maximum atomic E-state index is 12.0. The Labute approximate surface area is 118 Å². The second-order valence-corrected chi connectivity index (χ2v) is 5.55. The smallest absolute Gasteiger partial charge is 0.308 e. The molecule has 1 heterocycles. The minimum atomic E-state index is -0.208. The van der Waals surface area contributed by atoms with Gasteiger partial charge in [0.05, 0.1) is 6.42 Å². The molecule has 1 aliphatic rings. The molecule has 1 aromatic carbocycles. The Morgan fingerprint density at radius 1 is 1.42 bits per heavy atom. The molecule has 4 heteroatoms. The van der Waals surface area contributed by atoms with Crippen molar-refractivity contribution < 1.29 is 9.53 Å². The van der Waals surface area contributed by atoms with Crippen LogP contribution in [0, 0.1) is 0 Å². The van der Waals surface area contributed by atoms with Gasteiger partial charge in [0.25, 0.3) is 0 Å². The minimum Gasteiger partial charge on any atom is -0.431 e. The second kappa shape index (κ2) is 6.66. The Morgan fingerprint density at radius 3 is 2.74 bits per heavy atom. The Bertz CT molecular complexity index is 447. The van der Waals surface area contributed by atoms with Gasteiger partial charge in [0.1, 0.15) is 0 Å². The maximum Gasteiger partial charge on any atom is 0.308 e. The first-order chi connectivity index (χ1) is 9.20. The molecular formula is C15H19NO2S. The van der Waals surface area contributed by atoms with E-state index >= 15 is 0 Å². The first-order valence-corrected chi connectivity index (χ1v) is 7.43. The highest BCUT2D eigenvalue weighted by Gasteiger charge is 2.23. The largest absolute Gasteiger partial charge is 0.431 e. The topological polar surface area (TPSA) is 29.5 Å². The van der Waals surface area contributed by atoms with E-state index in [-0.39, 0.29) is 17.4 Å². The van der Waals surface area contributed by atoms with Crippen LogP contribution in [0.25, 0.3) is 0 Å². The molecule has 1 aromatic rings. The fourth-order valence-corrected chi connectivity index (χ4v) is 2.88. The van der Waals surface area contributed by atoms with Gasteiger partial charge in [0, 0.05) is 13.2 Å². The van der Waals surface area contributed by atoms with Gasteiger partial charge in [-0.3, -0.25) is 4.79 Å². The molecule has 0 amide bonds. The summed E-state index contributed by atoms with van der Waals surface area (Å²) >= 11 is 1.51. The van der Waals surface area contributed by atoms with Gasteiger partial charge in [-0.2, -0.15) is 0 Å². The van der Waals surface area contributed by atoms with Crippen molar-refractivity contribution in [3.8, 4) is 0 Å². The predicted molar refractivity (Wildman–Crippen MR) is 78.5 cm³/mol. The highest BCUT2D eigenvalue weighted by atomic mass is 32.2. The molecule has 102 valence electrons. The number of hydrogen-bond donors (Lipinski definition) is 0. The van der Waals surface area contributed by atoms with Gasteiger partial charge in [-0.25, -0.2) is 0 Å². The van der Waals surface area contributed by atoms with Crippen molar-refractivity contribution in [1.82, 2.24) is 4.90 Å². The van der Waals surface area contributed by atoms with E-state index in [4.69, 9.17) is 4.74 Å². The van der Waals surface area contributed by atoms with Crippen LogP contribution < -0.4 is 0 Å². The van der Waals surface area contributed by atoms with E-state index in [9.17, 15) is 4.79 Å². The fraction of sp³-hybridized carbons (Fsp3) is 0.400. The van der Waals surface area contributed by atoms with Crippen LogP contribution in [0.5, 0.6) is 0 Å². The molecule has 0 aliphatic carbocycles. The summed E-state index contributed by atoms with van der Waals surface area (Å²) in [6.07, 6.45) is 3.29. The summed E-state index contributed by atoms with van der Waals surface area (Å²) in [5.41, 5.74) is 0.994. The number of nitrogens with zero attached hydrogens (tertiary/aromatic N) is 1. The Morgan fingerprint density at radius 2 is 2.16 bits per heavy atom. The Kier molecular flexibility index (Phi) is 4.91. The van der Waals surface area contributed by atoms with Crippen LogP contribution in [-0.2, 0) is 9.53 Å². The van der Waals surface area contributed by atoms with Crippen molar-refractivity contribution >= 4 is 17.7 Å². The molecular weight excluding hydrogens is 258 g/mol. The second-order valence-electron chi connectivity index (χ2n) is 4.60. The number of benzene rings is 1. The summed E-state index contributed by atoms with van der Waals surface area (Å²) in [5.74, 6) is 0.0992. The van der Waals surface area contributed by atoms with Gasteiger partial charge in [-0.15, -0.1) is 0 Å². The molecule has 2 unspecified atom stereocenters. The number of carbonyl (C=O) groups excluding carboxylic acids is 1.